The van der Waals surface area contributed by atoms with Gasteiger partial charge in [-0.2, -0.15) is 0 Å². The van der Waals surface area contributed by atoms with E-state index < -0.39 is 5.82 Å². The summed E-state index contributed by atoms with van der Waals surface area (Å²) in [5, 5.41) is 3.13. The maximum Gasteiger partial charge on any atom is 0.227 e. The normalized spacial score (nSPS) is 15.7. The van der Waals surface area contributed by atoms with Crippen molar-refractivity contribution < 1.29 is 4.39 Å². The Labute approximate surface area is 136 Å². The van der Waals surface area contributed by atoms with Crippen molar-refractivity contribution in [3.63, 3.8) is 0 Å². The minimum Gasteiger partial charge on any atom is -0.369 e. The van der Waals surface area contributed by atoms with Crippen LogP contribution in [0.25, 0.3) is 0 Å². The van der Waals surface area contributed by atoms with Crippen LogP contribution in [0.5, 0.6) is 0 Å². The van der Waals surface area contributed by atoms with Crippen molar-refractivity contribution >= 4 is 17.3 Å². The second-order valence-electron chi connectivity index (χ2n) is 6.04. The first kappa shape index (κ1) is 15.7. The number of aromatic nitrogens is 2. The van der Waals surface area contributed by atoms with Gasteiger partial charge in [-0.15, -0.1) is 0 Å². The molecule has 0 saturated carbocycles. The van der Waals surface area contributed by atoms with E-state index >= 15 is 0 Å². The van der Waals surface area contributed by atoms with Crippen LogP contribution in [-0.2, 0) is 0 Å². The van der Waals surface area contributed by atoms with Crippen molar-refractivity contribution in [1.29, 1.82) is 0 Å². The first-order valence-electron chi connectivity index (χ1n) is 7.83. The highest BCUT2D eigenvalue weighted by molar-refractivity contribution is 5.63. The minimum atomic E-state index is -0.392. The Hall–Kier alpha value is -2.21. The van der Waals surface area contributed by atoms with Crippen LogP contribution in [0.4, 0.5) is 21.7 Å². The average Bonchev–Trinajstić information content (AvgIpc) is 2.52. The first-order chi connectivity index (χ1) is 11.0. The Morgan fingerprint density at radius 3 is 2.52 bits per heavy atom. The van der Waals surface area contributed by atoms with Crippen LogP contribution >= 0.6 is 0 Å². The third kappa shape index (κ3) is 3.59. The Balaban J connectivity index is 1.75. The number of anilines is 3. The summed E-state index contributed by atoms with van der Waals surface area (Å²) in [4.78, 5) is 12.8. The Kier molecular flexibility index (Phi) is 4.43. The van der Waals surface area contributed by atoms with Crippen molar-refractivity contribution in [2.75, 3.05) is 43.4 Å². The van der Waals surface area contributed by atoms with Gasteiger partial charge in [0.2, 0.25) is 5.95 Å². The van der Waals surface area contributed by atoms with Gasteiger partial charge in [0.15, 0.2) is 5.82 Å². The topological polar surface area (TPSA) is 44.3 Å². The number of benzene rings is 1. The number of likely N-dealkylation sites (N-methyl/N-ethyl adjacent to an activating group) is 1. The van der Waals surface area contributed by atoms with Crippen LogP contribution < -0.4 is 10.2 Å². The molecule has 1 fully saturated rings. The van der Waals surface area contributed by atoms with E-state index in [4.69, 9.17) is 0 Å². The molecule has 122 valence electrons. The predicted octanol–water partition coefficient (Wildman–Crippen LogP) is 2.73. The molecule has 1 N–H and O–H groups in total. The van der Waals surface area contributed by atoms with E-state index in [9.17, 15) is 4.39 Å². The lowest BCUT2D eigenvalue weighted by atomic mass is 10.1. The maximum atomic E-state index is 13.2. The monoisotopic (exact) mass is 315 g/mol. The summed E-state index contributed by atoms with van der Waals surface area (Å²) < 4.78 is 13.2. The molecule has 0 aliphatic carbocycles. The summed E-state index contributed by atoms with van der Waals surface area (Å²) in [6, 6.07) is 6.22. The SMILES string of the molecule is Cc1cc(Nc2ncc(F)c(C)n2)ccc1N1CCN(C)CC1. The van der Waals surface area contributed by atoms with Gasteiger partial charge in [0.25, 0.3) is 0 Å². The zero-order valence-corrected chi connectivity index (χ0v) is 13.8. The van der Waals surface area contributed by atoms with Crippen molar-refractivity contribution in [2.45, 2.75) is 13.8 Å². The molecule has 0 bridgehead atoms. The largest absolute Gasteiger partial charge is 0.369 e. The second-order valence-corrected chi connectivity index (χ2v) is 6.04. The molecule has 6 heteroatoms. The molecule has 23 heavy (non-hydrogen) atoms. The van der Waals surface area contributed by atoms with Gasteiger partial charge >= 0.3 is 0 Å². The van der Waals surface area contributed by atoms with Gasteiger partial charge in [-0.05, 0) is 44.7 Å². The molecule has 2 aromatic rings. The average molecular weight is 315 g/mol. The number of nitrogens with one attached hydrogen (secondary N) is 1. The van der Waals surface area contributed by atoms with E-state index in [-0.39, 0.29) is 0 Å². The van der Waals surface area contributed by atoms with Gasteiger partial charge < -0.3 is 15.1 Å². The molecule has 2 heterocycles. The molecular formula is C17H22FN5. The van der Waals surface area contributed by atoms with Crippen LogP contribution in [-0.4, -0.2) is 48.1 Å². The van der Waals surface area contributed by atoms with Crippen LogP contribution in [0.2, 0.25) is 0 Å². The van der Waals surface area contributed by atoms with E-state index in [0.29, 0.717) is 11.6 Å². The summed E-state index contributed by atoms with van der Waals surface area (Å²) in [6.45, 7) is 8.00. The van der Waals surface area contributed by atoms with Crippen molar-refractivity contribution in [1.82, 2.24) is 14.9 Å². The number of halogens is 1. The van der Waals surface area contributed by atoms with Gasteiger partial charge in [0.1, 0.15) is 0 Å². The van der Waals surface area contributed by atoms with Crippen molar-refractivity contribution in [2.24, 2.45) is 0 Å². The number of hydrogen-bond acceptors (Lipinski definition) is 5. The van der Waals surface area contributed by atoms with Crippen molar-refractivity contribution in [3.8, 4) is 0 Å². The predicted molar refractivity (Wildman–Crippen MR) is 90.9 cm³/mol. The Bertz CT molecular complexity index is 695. The molecule has 0 unspecified atom stereocenters. The zero-order chi connectivity index (χ0) is 16.4. The van der Waals surface area contributed by atoms with Crippen LogP contribution in [0.15, 0.2) is 24.4 Å². The molecule has 1 aromatic carbocycles. The fraction of sp³-hybridized carbons (Fsp3) is 0.412. The molecule has 1 saturated heterocycles. The fourth-order valence-electron chi connectivity index (χ4n) is 2.78. The zero-order valence-electron chi connectivity index (χ0n) is 13.8. The summed E-state index contributed by atoms with van der Waals surface area (Å²) in [5.74, 6) is 0.0211. The lowest BCUT2D eigenvalue weighted by Gasteiger charge is -2.35. The molecule has 0 radical (unpaired) electrons. The lowest BCUT2D eigenvalue weighted by Crippen LogP contribution is -2.44. The van der Waals surface area contributed by atoms with E-state index in [1.54, 1.807) is 6.92 Å². The molecule has 3 rings (SSSR count). The van der Waals surface area contributed by atoms with E-state index in [1.165, 1.54) is 17.4 Å². The van der Waals surface area contributed by atoms with Crippen molar-refractivity contribution in [3.05, 3.63) is 41.5 Å². The van der Waals surface area contributed by atoms with Gasteiger partial charge in [-0.3, -0.25) is 0 Å². The highest BCUT2D eigenvalue weighted by Crippen LogP contribution is 2.25. The number of piperazine rings is 1. The molecule has 0 atom stereocenters. The lowest BCUT2D eigenvalue weighted by molar-refractivity contribution is 0.312. The second kappa shape index (κ2) is 6.50. The summed E-state index contributed by atoms with van der Waals surface area (Å²) in [6.07, 6.45) is 1.19. The molecule has 5 nitrogen and oxygen atoms in total. The highest BCUT2D eigenvalue weighted by Gasteiger charge is 2.16. The first-order valence-corrected chi connectivity index (χ1v) is 7.83. The third-order valence-corrected chi connectivity index (χ3v) is 4.22. The molecule has 0 amide bonds. The quantitative estimate of drug-likeness (QED) is 0.943. The number of nitrogens with zero attached hydrogens (tertiary/aromatic N) is 4. The van der Waals surface area contributed by atoms with Crippen LogP contribution in [0, 0.1) is 19.7 Å². The minimum absolute atomic E-state index is 0.341. The summed E-state index contributed by atoms with van der Waals surface area (Å²) in [5.41, 5.74) is 3.72. The third-order valence-electron chi connectivity index (χ3n) is 4.22. The number of rotatable bonds is 3. The van der Waals surface area contributed by atoms with E-state index in [2.05, 4.69) is 51.2 Å². The fourth-order valence-corrected chi connectivity index (χ4v) is 2.78. The maximum absolute atomic E-state index is 13.2. The summed E-state index contributed by atoms with van der Waals surface area (Å²) >= 11 is 0. The van der Waals surface area contributed by atoms with Gasteiger partial charge in [-0.25, -0.2) is 14.4 Å². The van der Waals surface area contributed by atoms with Gasteiger partial charge in [0, 0.05) is 37.6 Å². The van der Waals surface area contributed by atoms with Gasteiger partial charge in [-0.1, -0.05) is 0 Å². The molecule has 1 aliphatic heterocycles. The van der Waals surface area contributed by atoms with E-state index in [1.807, 2.05) is 6.07 Å². The number of hydrogen-bond donors (Lipinski definition) is 1. The Morgan fingerprint density at radius 2 is 1.87 bits per heavy atom. The van der Waals surface area contributed by atoms with Crippen LogP contribution in [0.1, 0.15) is 11.3 Å². The molecule has 1 aliphatic rings. The summed E-state index contributed by atoms with van der Waals surface area (Å²) in [7, 11) is 2.15. The molecule has 1 aromatic heterocycles. The number of aryl methyl sites for hydroxylation is 2. The molecule has 0 spiro atoms. The van der Waals surface area contributed by atoms with E-state index in [0.717, 1.165) is 31.9 Å². The highest BCUT2D eigenvalue weighted by atomic mass is 19.1. The Morgan fingerprint density at radius 1 is 1.13 bits per heavy atom. The standard InChI is InChI=1S/C17H22FN5/c1-12-10-14(21-17-19-11-15(18)13(2)20-17)4-5-16(12)23-8-6-22(3)7-9-23/h4-5,10-11H,6-9H2,1-3H3,(H,19,20,21). The smallest absolute Gasteiger partial charge is 0.227 e. The molecular weight excluding hydrogens is 293 g/mol. The van der Waals surface area contributed by atoms with Crippen LogP contribution in [0.3, 0.4) is 0 Å². The van der Waals surface area contributed by atoms with Gasteiger partial charge in [0.05, 0.1) is 11.9 Å².